The van der Waals surface area contributed by atoms with Crippen LogP contribution in [0.15, 0.2) is 73.6 Å². The summed E-state index contributed by atoms with van der Waals surface area (Å²) in [6, 6.07) is 14.6. The fourth-order valence-electron chi connectivity index (χ4n) is 5.11. The number of hydrogen-bond donors (Lipinski definition) is 2. The molecule has 0 spiro atoms. The second-order valence-corrected chi connectivity index (χ2v) is 10.4. The Kier molecular flexibility index (Phi) is 8.98. The van der Waals surface area contributed by atoms with Crippen molar-refractivity contribution in [2.24, 2.45) is 7.05 Å². The quantitative estimate of drug-likeness (QED) is 0.272. The average molecular weight is 544 g/mol. The monoisotopic (exact) mass is 543 g/mol. The zero-order chi connectivity index (χ0) is 27.0. The minimum Gasteiger partial charge on any atom is -0.348 e. The Morgan fingerprint density at radius 2 is 1.92 bits per heavy atom. The smallest absolute Gasteiger partial charge is 0.253 e. The predicted molar refractivity (Wildman–Crippen MR) is 152 cm³/mol. The highest BCUT2D eigenvalue weighted by Gasteiger charge is 2.27. The molecule has 1 atom stereocenters. The van der Waals surface area contributed by atoms with Crippen molar-refractivity contribution in [1.82, 2.24) is 35.1 Å². The molecular weight excluding hydrogens is 510 g/mol. The van der Waals surface area contributed by atoms with Crippen molar-refractivity contribution >= 4 is 17.5 Å². The maximum absolute atomic E-state index is 12.5. The molecule has 1 amide bonds. The number of carbonyl (C=O) groups excluding carboxylic acids is 1. The van der Waals surface area contributed by atoms with Crippen molar-refractivity contribution in [2.45, 2.75) is 44.9 Å². The highest BCUT2D eigenvalue weighted by molar-refractivity contribution is 6.33. The Labute approximate surface area is 234 Å². The van der Waals surface area contributed by atoms with E-state index in [0.717, 1.165) is 44.6 Å². The van der Waals surface area contributed by atoms with Crippen LogP contribution in [0.4, 0.5) is 0 Å². The molecule has 202 valence electrons. The van der Waals surface area contributed by atoms with Gasteiger partial charge in [-0.15, -0.1) is 0 Å². The van der Waals surface area contributed by atoms with E-state index in [4.69, 9.17) is 16.6 Å². The van der Waals surface area contributed by atoms with E-state index in [2.05, 4.69) is 55.8 Å². The van der Waals surface area contributed by atoms with Gasteiger partial charge in [-0.25, -0.2) is 4.98 Å². The number of imidazole rings is 1. The van der Waals surface area contributed by atoms with Crippen LogP contribution in [-0.4, -0.2) is 43.4 Å². The Hall–Kier alpha value is -3.59. The molecule has 0 radical (unpaired) electrons. The van der Waals surface area contributed by atoms with Crippen LogP contribution >= 0.6 is 11.6 Å². The first-order valence-corrected chi connectivity index (χ1v) is 13.8. The highest BCUT2D eigenvalue weighted by atomic mass is 35.5. The molecule has 1 aliphatic rings. The second kappa shape index (κ2) is 13.0. The van der Waals surface area contributed by atoms with Crippen molar-refractivity contribution < 1.29 is 4.79 Å². The molecule has 3 heterocycles. The molecule has 0 bridgehead atoms. The molecule has 5 rings (SSSR count). The second-order valence-electron chi connectivity index (χ2n) is 9.95. The fraction of sp³-hybridized carbons (Fsp3) is 0.333. The third kappa shape index (κ3) is 6.89. The average Bonchev–Trinajstić information content (AvgIpc) is 3.38. The number of aryl methyl sites for hydroxylation is 2. The van der Waals surface area contributed by atoms with E-state index in [-0.39, 0.29) is 11.9 Å². The van der Waals surface area contributed by atoms with Gasteiger partial charge in [-0.3, -0.25) is 19.7 Å². The predicted octanol–water partition coefficient (Wildman–Crippen LogP) is 4.46. The lowest BCUT2D eigenvalue weighted by atomic mass is 9.90. The molecule has 39 heavy (non-hydrogen) atoms. The molecule has 4 aromatic rings. The van der Waals surface area contributed by atoms with Crippen LogP contribution in [0.25, 0.3) is 0 Å². The number of rotatable bonds is 11. The Bertz CT molecular complexity index is 1390. The Balaban J connectivity index is 1.23. The summed E-state index contributed by atoms with van der Waals surface area (Å²) in [6.45, 7) is 3.82. The largest absolute Gasteiger partial charge is 0.348 e. The Morgan fingerprint density at radius 1 is 1.08 bits per heavy atom. The number of amides is 1. The van der Waals surface area contributed by atoms with E-state index in [1.807, 2.05) is 36.4 Å². The minimum absolute atomic E-state index is 0.209. The first-order valence-electron chi connectivity index (χ1n) is 13.4. The molecule has 1 unspecified atom stereocenters. The number of aromatic nitrogens is 4. The van der Waals surface area contributed by atoms with Crippen molar-refractivity contribution in [2.75, 3.05) is 13.1 Å². The highest BCUT2D eigenvalue weighted by Crippen LogP contribution is 2.33. The SMILES string of the molecule is Cn1cncc1CNCCN(Cc1ccc(CNC(=O)c2ccncc2Cl)cc1)C1CCCc2cccnc21. The molecule has 0 fully saturated rings. The van der Waals surface area contributed by atoms with Gasteiger partial charge < -0.3 is 15.2 Å². The first-order chi connectivity index (χ1) is 19.1. The van der Waals surface area contributed by atoms with E-state index in [1.165, 1.54) is 35.1 Å². The van der Waals surface area contributed by atoms with Gasteiger partial charge in [0.05, 0.1) is 34.3 Å². The Morgan fingerprint density at radius 3 is 2.72 bits per heavy atom. The summed E-state index contributed by atoms with van der Waals surface area (Å²) in [6.07, 6.45) is 12.1. The molecule has 9 heteroatoms. The summed E-state index contributed by atoms with van der Waals surface area (Å²) in [5, 5.41) is 6.88. The van der Waals surface area contributed by atoms with Crippen molar-refractivity contribution in [3.8, 4) is 0 Å². The fourth-order valence-corrected chi connectivity index (χ4v) is 5.32. The lowest BCUT2D eigenvalue weighted by Crippen LogP contribution is -2.36. The zero-order valence-corrected chi connectivity index (χ0v) is 22.9. The molecule has 8 nitrogen and oxygen atoms in total. The zero-order valence-electron chi connectivity index (χ0n) is 22.2. The van der Waals surface area contributed by atoms with E-state index in [0.29, 0.717) is 17.1 Å². The van der Waals surface area contributed by atoms with Gasteiger partial charge in [0.15, 0.2) is 0 Å². The summed E-state index contributed by atoms with van der Waals surface area (Å²) < 4.78 is 2.04. The van der Waals surface area contributed by atoms with Gasteiger partial charge in [0.1, 0.15) is 0 Å². The number of nitrogens with one attached hydrogen (secondary N) is 2. The molecule has 1 aliphatic carbocycles. The lowest BCUT2D eigenvalue weighted by molar-refractivity contribution is 0.0951. The molecular formula is C30H34ClN7O. The molecule has 3 aromatic heterocycles. The van der Waals surface area contributed by atoms with Crippen molar-refractivity contribution in [1.29, 1.82) is 0 Å². The minimum atomic E-state index is -0.209. The summed E-state index contributed by atoms with van der Waals surface area (Å²) in [5.74, 6) is -0.209. The number of fused-ring (bicyclic) bond motifs is 1. The van der Waals surface area contributed by atoms with Crippen LogP contribution in [0.5, 0.6) is 0 Å². The molecule has 0 saturated carbocycles. The van der Waals surface area contributed by atoms with Gasteiger partial charge >= 0.3 is 0 Å². The van der Waals surface area contributed by atoms with E-state index >= 15 is 0 Å². The third-order valence-electron chi connectivity index (χ3n) is 7.28. The third-order valence-corrected chi connectivity index (χ3v) is 7.58. The number of pyridine rings is 2. The van der Waals surface area contributed by atoms with Crippen LogP contribution in [0, 0.1) is 0 Å². The maximum Gasteiger partial charge on any atom is 0.253 e. The van der Waals surface area contributed by atoms with Gasteiger partial charge in [0.25, 0.3) is 5.91 Å². The van der Waals surface area contributed by atoms with Crippen molar-refractivity contribution in [3.05, 3.63) is 112 Å². The van der Waals surface area contributed by atoms with E-state index in [1.54, 1.807) is 12.3 Å². The van der Waals surface area contributed by atoms with E-state index in [9.17, 15) is 4.79 Å². The summed E-state index contributed by atoms with van der Waals surface area (Å²) >= 11 is 6.10. The van der Waals surface area contributed by atoms with E-state index < -0.39 is 0 Å². The van der Waals surface area contributed by atoms with Gasteiger partial charge in [-0.1, -0.05) is 41.9 Å². The molecule has 2 N–H and O–H groups in total. The van der Waals surface area contributed by atoms with Crippen LogP contribution in [-0.2, 0) is 33.1 Å². The van der Waals surface area contributed by atoms with Crippen LogP contribution < -0.4 is 10.6 Å². The van der Waals surface area contributed by atoms with Gasteiger partial charge in [0, 0.05) is 64.6 Å². The lowest BCUT2D eigenvalue weighted by Gasteiger charge is -2.35. The van der Waals surface area contributed by atoms with Gasteiger partial charge in [0.2, 0.25) is 0 Å². The number of hydrogen-bond acceptors (Lipinski definition) is 6. The maximum atomic E-state index is 12.5. The number of halogens is 1. The summed E-state index contributed by atoms with van der Waals surface area (Å²) in [5.41, 5.74) is 6.44. The normalized spacial score (nSPS) is 14.8. The van der Waals surface area contributed by atoms with Crippen molar-refractivity contribution in [3.63, 3.8) is 0 Å². The molecule has 0 aliphatic heterocycles. The van der Waals surface area contributed by atoms with Gasteiger partial charge in [-0.2, -0.15) is 0 Å². The van der Waals surface area contributed by atoms with Gasteiger partial charge in [-0.05, 0) is 48.1 Å². The molecule has 0 saturated heterocycles. The van der Waals surface area contributed by atoms with Crippen LogP contribution in [0.1, 0.15) is 57.3 Å². The summed E-state index contributed by atoms with van der Waals surface area (Å²) in [7, 11) is 2.02. The molecule has 1 aromatic carbocycles. The number of nitrogens with zero attached hydrogens (tertiary/aromatic N) is 5. The first kappa shape index (κ1) is 27.0. The van der Waals surface area contributed by atoms with Crippen LogP contribution in [0.3, 0.4) is 0 Å². The topological polar surface area (TPSA) is 88.0 Å². The summed E-state index contributed by atoms with van der Waals surface area (Å²) in [4.78, 5) is 28.0. The number of benzene rings is 1. The van der Waals surface area contributed by atoms with Crippen LogP contribution in [0.2, 0.25) is 5.02 Å². The standard InChI is InChI=1S/C30H34ClN7O/c1-37-21-34-18-25(37)17-33-14-15-38(28-6-2-4-24-5-3-12-35-29(24)28)20-23-9-7-22(8-10-23)16-36-30(39)26-11-13-32-19-27(26)31/h3,5,7-13,18-19,21,28,33H,2,4,6,14-17,20H2,1H3,(H,36,39). The number of carbonyl (C=O) groups is 1.